The number of phenols is 1. The molecule has 1 fully saturated rings. The Balaban J connectivity index is 1.81. The first-order valence-electron chi connectivity index (χ1n) is 6.99. The molecule has 0 spiro atoms. The van der Waals surface area contributed by atoms with Crippen molar-refractivity contribution >= 4 is 90.7 Å². The molecule has 0 saturated carbocycles. The topological polar surface area (TPSA) is 75.6 Å². The number of ether oxygens (including phenoxy) is 1. The number of benzene rings is 2. The van der Waals surface area contributed by atoms with Crippen molar-refractivity contribution in [2.45, 2.75) is 11.7 Å². The van der Waals surface area contributed by atoms with Gasteiger partial charge in [-0.25, -0.2) is 0 Å². The molecule has 1 aliphatic rings. The number of imide groups is 1. The minimum atomic E-state index is -0.385. The van der Waals surface area contributed by atoms with E-state index in [0.717, 1.165) is 30.2 Å². The lowest BCUT2D eigenvalue weighted by atomic mass is 10.1. The summed E-state index contributed by atoms with van der Waals surface area (Å²) in [5.41, 5.74) is 0.976. The van der Waals surface area contributed by atoms with Crippen LogP contribution in [0.4, 0.5) is 4.79 Å². The predicted octanol–water partition coefficient (Wildman–Crippen LogP) is 4.89. The standard InChI is InChI=1S/C16H10I3NO4S/c17-9-6-8(1-2-12(9)21)24-14-10(18)3-7(4-11(14)19)5-13-15(22)20-16(23)25-13/h1-4,6,13,21H,5H2,(H,20,22,23). The zero-order valence-electron chi connectivity index (χ0n) is 12.4. The summed E-state index contributed by atoms with van der Waals surface area (Å²) < 4.78 is 8.51. The monoisotopic (exact) mass is 693 g/mol. The number of carbonyl (C=O) groups excluding carboxylic acids is 2. The lowest BCUT2D eigenvalue weighted by Crippen LogP contribution is -2.25. The van der Waals surface area contributed by atoms with Gasteiger partial charge in [0.2, 0.25) is 5.91 Å². The minimum Gasteiger partial charge on any atom is -0.507 e. The SMILES string of the molecule is O=C1NC(=O)C(Cc2cc(I)c(Oc3ccc(O)c(I)c3)c(I)c2)S1. The number of amides is 2. The van der Waals surface area contributed by atoms with Gasteiger partial charge in [-0.1, -0.05) is 11.8 Å². The molecule has 25 heavy (non-hydrogen) atoms. The first-order valence-corrected chi connectivity index (χ1v) is 11.1. The summed E-state index contributed by atoms with van der Waals surface area (Å²) in [5, 5.41) is 11.2. The number of nitrogens with one attached hydrogen (secondary N) is 1. The van der Waals surface area contributed by atoms with E-state index in [-0.39, 0.29) is 22.1 Å². The molecule has 2 amide bonds. The Morgan fingerprint density at radius 1 is 1.08 bits per heavy atom. The number of thioether (sulfide) groups is 1. The van der Waals surface area contributed by atoms with Crippen molar-refractivity contribution in [1.82, 2.24) is 5.32 Å². The van der Waals surface area contributed by atoms with E-state index in [1.807, 2.05) is 34.7 Å². The van der Waals surface area contributed by atoms with Crippen LogP contribution in [-0.4, -0.2) is 21.5 Å². The third-order valence-corrected chi connectivity index (χ3v) is 6.83. The summed E-state index contributed by atoms with van der Waals surface area (Å²) >= 11 is 7.46. The fourth-order valence-electron chi connectivity index (χ4n) is 2.24. The van der Waals surface area contributed by atoms with E-state index >= 15 is 0 Å². The number of halogens is 3. The van der Waals surface area contributed by atoms with Gasteiger partial charge in [-0.2, -0.15) is 0 Å². The van der Waals surface area contributed by atoms with Gasteiger partial charge >= 0.3 is 0 Å². The number of hydrogen-bond donors (Lipinski definition) is 2. The average Bonchev–Trinajstić information content (AvgIpc) is 2.84. The Morgan fingerprint density at radius 3 is 2.32 bits per heavy atom. The van der Waals surface area contributed by atoms with Crippen LogP contribution in [0, 0.1) is 10.7 Å². The second kappa shape index (κ2) is 8.17. The number of hydrogen-bond acceptors (Lipinski definition) is 5. The number of carbonyl (C=O) groups is 2. The van der Waals surface area contributed by atoms with Crippen LogP contribution in [0.5, 0.6) is 17.2 Å². The lowest BCUT2D eigenvalue weighted by Gasteiger charge is -2.13. The van der Waals surface area contributed by atoms with E-state index in [1.165, 1.54) is 0 Å². The van der Waals surface area contributed by atoms with E-state index in [2.05, 4.69) is 50.5 Å². The van der Waals surface area contributed by atoms with E-state index in [0.29, 0.717) is 15.7 Å². The highest BCUT2D eigenvalue weighted by Gasteiger charge is 2.31. The van der Waals surface area contributed by atoms with Gasteiger partial charge < -0.3 is 9.84 Å². The van der Waals surface area contributed by atoms with Crippen LogP contribution in [-0.2, 0) is 11.2 Å². The zero-order chi connectivity index (χ0) is 18.1. The molecule has 1 unspecified atom stereocenters. The van der Waals surface area contributed by atoms with Crippen molar-refractivity contribution in [3.05, 3.63) is 46.6 Å². The number of rotatable bonds is 4. The van der Waals surface area contributed by atoms with Crippen molar-refractivity contribution < 1.29 is 19.4 Å². The van der Waals surface area contributed by atoms with Crippen LogP contribution < -0.4 is 10.1 Å². The summed E-state index contributed by atoms with van der Waals surface area (Å²) in [6.45, 7) is 0. The zero-order valence-corrected chi connectivity index (χ0v) is 19.7. The van der Waals surface area contributed by atoms with Crippen LogP contribution in [0.3, 0.4) is 0 Å². The van der Waals surface area contributed by atoms with Crippen LogP contribution >= 0.6 is 79.5 Å². The Labute approximate surface area is 189 Å². The highest BCUT2D eigenvalue weighted by atomic mass is 127. The third kappa shape index (κ3) is 4.71. The van der Waals surface area contributed by atoms with Crippen molar-refractivity contribution in [3.63, 3.8) is 0 Å². The van der Waals surface area contributed by atoms with Crippen LogP contribution in [0.25, 0.3) is 0 Å². The quantitative estimate of drug-likeness (QED) is 0.447. The highest BCUT2D eigenvalue weighted by molar-refractivity contribution is 14.1. The smallest absolute Gasteiger partial charge is 0.286 e. The molecule has 1 heterocycles. The first-order chi connectivity index (χ1) is 11.8. The Kier molecular flexibility index (Phi) is 6.36. The second-order valence-corrected chi connectivity index (χ2v) is 9.85. The van der Waals surface area contributed by atoms with Gasteiger partial charge in [-0.3, -0.25) is 14.9 Å². The maximum absolute atomic E-state index is 11.7. The molecule has 0 radical (unpaired) electrons. The molecule has 5 nitrogen and oxygen atoms in total. The molecule has 1 atom stereocenters. The largest absolute Gasteiger partial charge is 0.507 e. The van der Waals surface area contributed by atoms with E-state index in [9.17, 15) is 14.7 Å². The summed E-state index contributed by atoms with van der Waals surface area (Å²) in [6, 6.07) is 8.99. The summed E-state index contributed by atoms with van der Waals surface area (Å²) in [5.74, 6) is 1.35. The Morgan fingerprint density at radius 2 is 1.76 bits per heavy atom. The van der Waals surface area contributed by atoms with Gasteiger partial charge in [-0.15, -0.1) is 0 Å². The van der Waals surface area contributed by atoms with Crippen molar-refractivity contribution in [2.75, 3.05) is 0 Å². The number of phenolic OH excluding ortho intramolecular Hbond substituents is 1. The summed E-state index contributed by atoms with van der Waals surface area (Å²) in [7, 11) is 0. The van der Waals surface area contributed by atoms with Gasteiger partial charge in [0, 0.05) is 0 Å². The van der Waals surface area contributed by atoms with Gasteiger partial charge in [0.05, 0.1) is 16.0 Å². The average molecular weight is 693 g/mol. The molecule has 130 valence electrons. The second-order valence-electron chi connectivity index (χ2n) is 5.19. The normalized spacial score (nSPS) is 16.8. The predicted molar refractivity (Wildman–Crippen MR) is 121 cm³/mol. The summed E-state index contributed by atoms with van der Waals surface area (Å²) in [4.78, 5) is 23.0. The van der Waals surface area contributed by atoms with Gasteiger partial charge in [-0.05, 0) is 110 Å². The first kappa shape index (κ1) is 19.5. The molecule has 1 saturated heterocycles. The van der Waals surface area contributed by atoms with Gasteiger partial charge in [0.1, 0.15) is 11.5 Å². The van der Waals surface area contributed by atoms with Crippen LogP contribution in [0.15, 0.2) is 30.3 Å². The molecule has 0 aromatic heterocycles. The molecule has 9 heteroatoms. The van der Waals surface area contributed by atoms with E-state index in [1.54, 1.807) is 18.2 Å². The van der Waals surface area contributed by atoms with Crippen molar-refractivity contribution in [1.29, 1.82) is 0 Å². The van der Waals surface area contributed by atoms with Gasteiger partial charge in [0.15, 0.2) is 5.75 Å². The number of aromatic hydroxyl groups is 1. The minimum absolute atomic E-state index is 0.217. The molecule has 3 rings (SSSR count). The molecular weight excluding hydrogens is 683 g/mol. The van der Waals surface area contributed by atoms with Crippen molar-refractivity contribution in [2.24, 2.45) is 0 Å². The molecular formula is C16H10I3NO4S. The fourth-order valence-corrected chi connectivity index (χ4v) is 5.70. The van der Waals surface area contributed by atoms with Gasteiger partial charge in [0.25, 0.3) is 5.24 Å². The fraction of sp³-hybridized carbons (Fsp3) is 0.125. The maximum atomic E-state index is 11.7. The lowest BCUT2D eigenvalue weighted by molar-refractivity contribution is -0.118. The Hall–Kier alpha value is -0.280. The van der Waals surface area contributed by atoms with Crippen LogP contribution in [0.2, 0.25) is 0 Å². The summed E-state index contributed by atoms with van der Waals surface area (Å²) in [6.07, 6.45) is 0.492. The highest BCUT2D eigenvalue weighted by Crippen LogP contribution is 2.35. The van der Waals surface area contributed by atoms with Crippen molar-refractivity contribution in [3.8, 4) is 17.2 Å². The Bertz CT molecular complexity index is 851. The molecule has 2 N–H and O–H groups in total. The molecule has 0 aliphatic carbocycles. The molecule has 0 bridgehead atoms. The molecule has 2 aromatic carbocycles. The third-order valence-electron chi connectivity index (χ3n) is 3.39. The van der Waals surface area contributed by atoms with E-state index < -0.39 is 0 Å². The van der Waals surface area contributed by atoms with Crippen LogP contribution in [0.1, 0.15) is 5.56 Å². The van der Waals surface area contributed by atoms with E-state index in [4.69, 9.17) is 4.74 Å². The molecule has 2 aromatic rings. The molecule has 1 aliphatic heterocycles. The maximum Gasteiger partial charge on any atom is 0.286 e.